The molecule has 0 aromatic rings. The van der Waals surface area contributed by atoms with Crippen molar-refractivity contribution in [2.24, 2.45) is 5.73 Å². The Morgan fingerprint density at radius 2 is 2.14 bits per heavy atom. The van der Waals surface area contributed by atoms with Gasteiger partial charge in [0.05, 0.1) is 12.5 Å². The topological polar surface area (TPSA) is 83.6 Å². The number of nitrogens with two attached hydrogens (primary N) is 1. The molecule has 1 aliphatic carbocycles. The van der Waals surface area contributed by atoms with Crippen molar-refractivity contribution in [3.8, 4) is 0 Å². The summed E-state index contributed by atoms with van der Waals surface area (Å²) in [6.45, 7) is 0. The van der Waals surface area contributed by atoms with Crippen LogP contribution in [-0.4, -0.2) is 27.8 Å². The van der Waals surface area contributed by atoms with Crippen LogP contribution in [0.3, 0.4) is 0 Å². The lowest BCUT2D eigenvalue weighted by Gasteiger charge is -2.32. The number of rotatable bonds is 2. The first kappa shape index (κ1) is 11.5. The Morgan fingerprint density at radius 1 is 1.43 bits per heavy atom. The number of carboxylic acid groups (broad SMARTS) is 1. The lowest BCUT2D eigenvalue weighted by molar-refractivity contribution is -0.138. The van der Waals surface area contributed by atoms with Crippen molar-refractivity contribution in [2.75, 3.05) is 0 Å². The molecule has 0 spiro atoms. The smallest absolute Gasteiger partial charge is 0.305 e. The Hall–Kier alpha value is -0.610. The van der Waals surface area contributed by atoms with Gasteiger partial charge in [-0.1, -0.05) is 19.3 Å². The maximum atomic E-state index is 10.6. The van der Waals surface area contributed by atoms with Gasteiger partial charge < -0.3 is 15.9 Å². The molecule has 0 bridgehead atoms. The number of carboxylic acids is 1. The van der Waals surface area contributed by atoms with Gasteiger partial charge in [0.15, 0.2) is 0 Å². The molecule has 14 heavy (non-hydrogen) atoms. The van der Waals surface area contributed by atoms with E-state index in [-0.39, 0.29) is 6.42 Å². The fraction of sp³-hybridized carbons (Fsp3) is 0.900. The van der Waals surface area contributed by atoms with E-state index in [4.69, 9.17) is 10.8 Å². The molecule has 0 radical (unpaired) electrons. The second kappa shape index (κ2) is 4.75. The zero-order valence-corrected chi connectivity index (χ0v) is 8.41. The van der Waals surface area contributed by atoms with Gasteiger partial charge in [-0.3, -0.25) is 4.79 Å². The Balaban J connectivity index is 2.57. The van der Waals surface area contributed by atoms with Crippen molar-refractivity contribution in [3.05, 3.63) is 0 Å². The van der Waals surface area contributed by atoms with E-state index in [9.17, 15) is 9.90 Å². The van der Waals surface area contributed by atoms with Gasteiger partial charge in [-0.25, -0.2) is 0 Å². The molecule has 1 rings (SSSR count). The number of aliphatic hydroxyl groups excluding tert-OH is 1. The van der Waals surface area contributed by atoms with Crippen molar-refractivity contribution in [2.45, 2.75) is 56.6 Å². The average Bonchev–Trinajstić information content (AvgIpc) is 1.98. The summed E-state index contributed by atoms with van der Waals surface area (Å²) in [4.78, 5) is 10.6. The molecule has 82 valence electrons. The third-order valence-electron chi connectivity index (χ3n) is 2.86. The minimum atomic E-state index is -0.875. The zero-order chi connectivity index (χ0) is 10.6. The number of aliphatic carboxylic acids is 1. The minimum absolute atomic E-state index is 0.0376. The minimum Gasteiger partial charge on any atom is -0.481 e. The SMILES string of the molecule is NC1(CC(=O)O)CCCCCC(O)C1. The first-order chi connectivity index (χ1) is 6.52. The van der Waals surface area contributed by atoms with Crippen LogP contribution in [0.1, 0.15) is 44.9 Å². The van der Waals surface area contributed by atoms with Crippen LogP contribution in [-0.2, 0) is 4.79 Å². The highest BCUT2D eigenvalue weighted by molar-refractivity contribution is 5.68. The van der Waals surface area contributed by atoms with Crippen LogP contribution in [0.4, 0.5) is 0 Å². The summed E-state index contributed by atoms with van der Waals surface area (Å²) in [6.07, 6.45) is 4.43. The standard InChI is InChI=1S/C10H19NO3/c11-10(7-9(13)14)5-3-1-2-4-8(12)6-10/h8,12H,1-7,11H2,(H,13,14). The fourth-order valence-electron chi connectivity index (χ4n) is 2.17. The van der Waals surface area contributed by atoms with Crippen LogP contribution in [0, 0.1) is 0 Å². The lowest BCUT2D eigenvalue weighted by atomic mass is 9.81. The van der Waals surface area contributed by atoms with Gasteiger partial charge in [-0.2, -0.15) is 0 Å². The second-order valence-electron chi connectivity index (χ2n) is 4.39. The van der Waals surface area contributed by atoms with Gasteiger partial charge in [-0.05, 0) is 19.3 Å². The first-order valence-electron chi connectivity index (χ1n) is 5.21. The van der Waals surface area contributed by atoms with E-state index in [1.54, 1.807) is 0 Å². The van der Waals surface area contributed by atoms with Gasteiger partial charge in [0.25, 0.3) is 0 Å². The van der Waals surface area contributed by atoms with Crippen molar-refractivity contribution in [1.82, 2.24) is 0 Å². The quantitative estimate of drug-likeness (QED) is 0.619. The van der Waals surface area contributed by atoms with E-state index < -0.39 is 17.6 Å². The normalized spacial score (nSPS) is 34.6. The highest BCUT2D eigenvalue weighted by Gasteiger charge is 2.31. The second-order valence-corrected chi connectivity index (χ2v) is 4.39. The van der Waals surface area contributed by atoms with Gasteiger partial charge >= 0.3 is 5.97 Å². The largest absolute Gasteiger partial charge is 0.481 e. The molecule has 4 heteroatoms. The summed E-state index contributed by atoms with van der Waals surface area (Å²) in [5, 5.41) is 18.3. The van der Waals surface area contributed by atoms with Gasteiger partial charge in [0, 0.05) is 5.54 Å². The predicted octanol–water partition coefficient (Wildman–Crippen LogP) is 0.874. The van der Waals surface area contributed by atoms with Crippen LogP contribution in [0.25, 0.3) is 0 Å². The fourth-order valence-corrected chi connectivity index (χ4v) is 2.17. The molecular weight excluding hydrogens is 182 g/mol. The molecule has 4 nitrogen and oxygen atoms in total. The molecular formula is C10H19NO3. The number of aliphatic hydroxyl groups is 1. The van der Waals surface area contributed by atoms with Gasteiger partial charge in [0.1, 0.15) is 0 Å². The molecule has 0 aliphatic heterocycles. The van der Waals surface area contributed by atoms with E-state index in [1.807, 2.05) is 0 Å². The predicted molar refractivity (Wildman–Crippen MR) is 52.9 cm³/mol. The monoisotopic (exact) mass is 201 g/mol. The van der Waals surface area contributed by atoms with Crippen LogP contribution in [0.15, 0.2) is 0 Å². The van der Waals surface area contributed by atoms with E-state index in [1.165, 1.54) is 0 Å². The Kier molecular flexibility index (Phi) is 3.89. The van der Waals surface area contributed by atoms with Crippen molar-refractivity contribution < 1.29 is 15.0 Å². The molecule has 0 amide bonds. The molecule has 0 heterocycles. The van der Waals surface area contributed by atoms with Crippen LogP contribution < -0.4 is 5.73 Å². The van der Waals surface area contributed by atoms with E-state index in [0.717, 1.165) is 25.7 Å². The van der Waals surface area contributed by atoms with Crippen molar-refractivity contribution >= 4 is 5.97 Å². The third-order valence-corrected chi connectivity index (χ3v) is 2.86. The molecule has 1 saturated carbocycles. The van der Waals surface area contributed by atoms with E-state index in [2.05, 4.69) is 0 Å². The number of hydrogen-bond acceptors (Lipinski definition) is 3. The van der Waals surface area contributed by atoms with E-state index >= 15 is 0 Å². The highest BCUT2D eigenvalue weighted by Crippen LogP contribution is 2.27. The summed E-state index contributed by atoms with van der Waals surface area (Å²) in [7, 11) is 0. The van der Waals surface area contributed by atoms with Gasteiger partial charge in [-0.15, -0.1) is 0 Å². The molecule has 4 N–H and O–H groups in total. The van der Waals surface area contributed by atoms with Crippen LogP contribution in [0.5, 0.6) is 0 Å². The van der Waals surface area contributed by atoms with Crippen molar-refractivity contribution in [3.63, 3.8) is 0 Å². The summed E-state index contributed by atoms with van der Waals surface area (Å²) < 4.78 is 0. The summed E-state index contributed by atoms with van der Waals surface area (Å²) in [5.74, 6) is -0.875. The molecule has 1 aliphatic rings. The van der Waals surface area contributed by atoms with Crippen LogP contribution >= 0.6 is 0 Å². The average molecular weight is 201 g/mol. The Labute approximate surface area is 84.1 Å². The highest BCUT2D eigenvalue weighted by atomic mass is 16.4. The number of carbonyl (C=O) groups is 1. The first-order valence-corrected chi connectivity index (χ1v) is 5.21. The van der Waals surface area contributed by atoms with Crippen LogP contribution in [0.2, 0.25) is 0 Å². The summed E-state index contributed by atoms with van der Waals surface area (Å²) >= 11 is 0. The van der Waals surface area contributed by atoms with E-state index in [0.29, 0.717) is 12.8 Å². The molecule has 0 saturated heterocycles. The molecule has 0 aromatic carbocycles. The lowest BCUT2D eigenvalue weighted by Crippen LogP contribution is -2.45. The molecule has 2 atom stereocenters. The Bertz CT molecular complexity index is 208. The zero-order valence-electron chi connectivity index (χ0n) is 8.41. The van der Waals surface area contributed by atoms with Gasteiger partial charge in [0.2, 0.25) is 0 Å². The maximum absolute atomic E-state index is 10.6. The van der Waals surface area contributed by atoms with Crippen molar-refractivity contribution in [1.29, 1.82) is 0 Å². The maximum Gasteiger partial charge on any atom is 0.305 e. The Morgan fingerprint density at radius 3 is 2.79 bits per heavy atom. The summed E-state index contributed by atoms with van der Waals surface area (Å²) in [6, 6.07) is 0. The molecule has 2 unspecified atom stereocenters. The molecule has 1 fully saturated rings. The molecule has 0 aromatic heterocycles. The third kappa shape index (κ3) is 3.64. The summed E-state index contributed by atoms with van der Waals surface area (Å²) in [5.41, 5.74) is 5.28. The number of hydrogen-bond donors (Lipinski definition) is 3.